The van der Waals surface area contributed by atoms with Crippen molar-refractivity contribution in [1.29, 1.82) is 0 Å². The van der Waals surface area contributed by atoms with Gasteiger partial charge in [0.15, 0.2) is 0 Å². The lowest BCUT2D eigenvalue weighted by molar-refractivity contribution is -0.117. The number of rotatable bonds is 7. The number of carbonyl (C=O) groups excluding carboxylic acids is 2. The molecule has 1 aromatic rings. The van der Waals surface area contributed by atoms with Crippen molar-refractivity contribution in [3.63, 3.8) is 0 Å². The second kappa shape index (κ2) is 10.8. The normalized spacial score (nSPS) is 17.5. The molecule has 0 bridgehead atoms. The number of aryl methyl sites for hydroxylation is 2. The number of anilines is 1. The van der Waals surface area contributed by atoms with E-state index in [0.717, 1.165) is 44.5 Å². The van der Waals surface area contributed by atoms with E-state index in [-0.39, 0.29) is 12.0 Å². The Labute approximate surface area is 182 Å². The zero-order chi connectivity index (χ0) is 22.3. The highest BCUT2D eigenvalue weighted by Gasteiger charge is 2.26. The molecular weight excluding hydrogens is 378 g/mol. The highest BCUT2D eigenvalue weighted by Crippen LogP contribution is 2.23. The maximum atomic E-state index is 12.8. The van der Waals surface area contributed by atoms with E-state index in [2.05, 4.69) is 42.3 Å². The number of para-hydroxylation sites is 1. The molecule has 0 spiro atoms. The Morgan fingerprint density at radius 1 is 1.20 bits per heavy atom. The van der Waals surface area contributed by atoms with E-state index in [4.69, 9.17) is 4.74 Å². The van der Waals surface area contributed by atoms with E-state index in [1.54, 1.807) is 11.9 Å². The third-order valence-electron chi connectivity index (χ3n) is 5.47. The van der Waals surface area contributed by atoms with Gasteiger partial charge in [-0.15, -0.1) is 0 Å². The van der Waals surface area contributed by atoms with Crippen LogP contribution in [-0.2, 0) is 22.4 Å². The zero-order valence-corrected chi connectivity index (χ0v) is 19.6. The molecule has 0 radical (unpaired) electrons. The summed E-state index contributed by atoms with van der Waals surface area (Å²) in [4.78, 5) is 28.9. The minimum absolute atomic E-state index is 0.0340. The van der Waals surface area contributed by atoms with Crippen LogP contribution in [0.1, 0.15) is 58.6 Å². The lowest BCUT2D eigenvalue weighted by Gasteiger charge is -2.34. The number of piperidine rings is 1. The van der Waals surface area contributed by atoms with Crippen molar-refractivity contribution < 1.29 is 14.3 Å². The van der Waals surface area contributed by atoms with Gasteiger partial charge < -0.3 is 15.0 Å². The fourth-order valence-corrected chi connectivity index (χ4v) is 4.03. The van der Waals surface area contributed by atoms with Crippen LogP contribution in [0.2, 0.25) is 0 Å². The van der Waals surface area contributed by atoms with Gasteiger partial charge in [-0.1, -0.05) is 32.0 Å². The summed E-state index contributed by atoms with van der Waals surface area (Å²) in [5.74, 6) is 0.380. The molecule has 0 aliphatic carbocycles. The van der Waals surface area contributed by atoms with Gasteiger partial charge in [0.25, 0.3) is 0 Å². The van der Waals surface area contributed by atoms with Crippen LogP contribution < -0.4 is 5.32 Å². The lowest BCUT2D eigenvalue weighted by Crippen LogP contribution is -2.45. The van der Waals surface area contributed by atoms with E-state index in [9.17, 15) is 9.59 Å². The Balaban J connectivity index is 1.91. The van der Waals surface area contributed by atoms with Crippen molar-refractivity contribution >= 4 is 17.7 Å². The Bertz CT molecular complexity index is 705. The first-order valence-corrected chi connectivity index (χ1v) is 11.2. The largest absolute Gasteiger partial charge is 0.444 e. The van der Waals surface area contributed by atoms with Crippen molar-refractivity contribution in [2.45, 2.75) is 65.9 Å². The van der Waals surface area contributed by atoms with E-state index in [1.165, 1.54) is 11.1 Å². The number of hydrogen-bond donors (Lipinski definition) is 1. The summed E-state index contributed by atoms with van der Waals surface area (Å²) >= 11 is 0. The predicted molar refractivity (Wildman–Crippen MR) is 122 cm³/mol. The predicted octanol–water partition coefficient (Wildman–Crippen LogP) is 4.33. The van der Waals surface area contributed by atoms with E-state index in [0.29, 0.717) is 19.0 Å². The van der Waals surface area contributed by atoms with Crippen LogP contribution in [-0.4, -0.2) is 60.6 Å². The van der Waals surface area contributed by atoms with Crippen molar-refractivity contribution in [2.24, 2.45) is 5.92 Å². The first-order chi connectivity index (χ1) is 14.1. The van der Waals surface area contributed by atoms with Gasteiger partial charge in [-0.2, -0.15) is 0 Å². The third kappa shape index (κ3) is 7.31. The lowest BCUT2D eigenvalue weighted by atomic mass is 9.97. The monoisotopic (exact) mass is 417 g/mol. The van der Waals surface area contributed by atoms with Crippen LogP contribution in [0.5, 0.6) is 0 Å². The van der Waals surface area contributed by atoms with Gasteiger partial charge in [-0.3, -0.25) is 9.69 Å². The third-order valence-corrected chi connectivity index (χ3v) is 5.47. The molecule has 2 amide bonds. The summed E-state index contributed by atoms with van der Waals surface area (Å²) in [6.45, 7) is 12.6. The molecule has 1 saturated heterocycles. The van der Waals surface area contributed by atoms with E-state index in [1.807, 2.05) is 20.8 Å². The smallest absolute Gasteiger partial charge is 0.410 e. The van der Waals surface area contributed by atoms with Crippen molar-refractivity contribution in [3.8, 4) is 0 Å². The number of benzene rings is 1. The summed E-state index contributed by atoms with van der Waals surface area (Å²) < 4.78 is 5.45. The van der Waals surface area contributed by atoms with Gasteiger partial charge in [0.2, 0.25) is 5.91 Å². The molecule has 0 aromatic heterocycles. The first kappa shape index (κ1) is 24.2. The molecule has 1 atom stereocenters. The van der Waals surface area contributed by atoms with Gasteiger partial charge in [0, 0.05) is 25.8 Å². The highest BCUT2D eigenvalue weighted by molar-refractivity contribution is 5.93. The molecule has 1 unspecified atom stereocenters. The molecule has 1 aromatic carbocycles. The first-order valence-electron chi connectivity index (χ1n) is 11.2. The molecule has 2 rings (SSSR count). The topological polar surface area (TPSA) is 61.9 Å². The number of ether oxygens (including phenoxy) is 1. The molecule has 168 valence electrons. The minimum Gasteiger partial charge on any atom is -0.444 e. The van der Waals surface area contributed by atoms with Gasteiger partial charge in [-0.25, -0.2) is 4.79 Å². The molecule has 1 heterocycles. The van der Waals surface area contributed by atoms with Crippen molar-refractivity contribution in [3.05, 3.63) is 29.3 Å². The summed E-state index contributed by atoms with van der Waals surface area (Å²) in [6.07, 6.45) is 3.59. The Morgan fingerprint density at radius 2 is 1.83 bits per heavy atom. The number of hydrogen-bond acceptors (Lipinski definition) is 4. The maximum absolute atomic E-state index is 12.8. The number of likely N-dealkylation sites (tertiary alicyclic amines) is 1. The van der Waals surface area contributed by atoms with Gasteiger partial charge in [-0.05, 0) is 70.0 Å². The van der Waals surface area contributed by atoms with Crippen LogP contribution in [0.25, 0.3) is 0 Å². The van der Waals surface area contributed by atoms with Crippen LogP contribution >= 0.6 is 0 Å². The Kier molecular flexibility index (Phi) is 8.71. The molecule has 6 nitrogen and oxygen atoms in total. The molecule has 30 heavy (non-hydrogen) atoms. The summed E-state index contributed by atoms with van der Waals surface area (Å²) in [7, 11) is 1.79. The van der Waals surface area contributed by atoms with Crippen LogP contribution in [0.15, 0.2) is 18.2 Å². The second-order valence-corrected chi connectivity index (χ2v) is 9.31. The van der Waals surface area contributed by atoms with E-state index < -0.39 is 5.60 Å². The molecule has 0 saturated carbocycles. The number of nitrogens with one attached hydrogen (secondary N) is 1. The highest BCUT2D eigenvalue weighted by atomic mass is 16.6. The quantitative estimate of drug-likeness (QED) is 0.717. The second-order valence-electron chi connectivity index (χ2n) is 9.31. The number of nitrogens with zero attached hydrogens (tertiary/aromatic N) is 2. The fraction of sp³-hybridized carbons (Fsp3) is 0.667. The van der Waals surface area contributed by atoms with Crippen LogP contribution in [0.4, 0.5) is 10.5 Å². The molecule has 1 aliphatic heterocycles. The van der Waals surface area contributed by atoms with Gasteiger partial charge >= 0.3 is 6.09 Å². The van der Waals surface area contributed by atoms with Crippen LogP contribution in [0.3, 0.4) is 0 Å². The maximum Gasteiger partial charge on any atom is 0.410 e. The van der Waals surface area contributed by atoms with E-state index >= 15 is 0 Å². The SMILES string of the molecule is CCc1cccc(CC)c1NC(=O)CN1CCCC(CN(C)C(=O)OC(C)(C)C)C1. The molecule has 6 heteroatoms. The summed E-state index contributed by atoms with van der Waals surface area (Å²) in [5.41, 5.74) is 2.84. The van der Waals surface area contributed by atoms with Gasteiger partial charge in [0.05, 0.1) is 6.54 Å². The molecule has 1 N–H and O–H groups in total. The fourth-order valence-electron chi connectivity index (χ4n) is 4.03. The molecule has 1 aliphatic rings. The number of carbonyl (C=O) groups is 2. The molecule has 1 fully saturated rings. The van der Waals surface area contributed by atoms with Crippen LogP contribution in [0, 0.1) is 5.92 Å². The summed E-state index contributed by atoms with van der Waals surface area (Å²) in [6, 6.07) is 6.22. The zero-order valence-electron chi connectivity index (χ0n) is 19.6. The Morgan fingerprint density at radius 3 is 2.40 bits per heavy atom. The van der Waals surface area contributed by atoms with Gasteiger partial charge in [0.1, 0.15) is 5.60 Å². The summed E-state index contributed by atoms with van der Waals surface area (Å²) in [5, 5.41) is 3.16. The standard InChI is InChI=1S/C24H39N3O3/c1-7-19-12-9-13-20(8-2)22(19)25-21(28)17-27-14-10-11-18(16-27)15-26(6)23(29)30-24(3,4)5/h9,12-13,18H,7-8,10-11,14-17H2,1-6H3,(H,25,28). The number of amides is 2. The van der Waals surface area contributed by atoms with Crippen molar-refractivity contribution in [2.75, 3.05) is 38.5 Å². The average Bonchev–Trinajstić information content (AvgIpc) is 2.67. The van der Waals surface area contributed by atoms with Crippen molar-refractivity contribution in [1.82, 2.24) is 9.80 Å². The Hall–Kier alpha value is -2.08. The minimum atomic E-state index is -0.492. The average molecular weight is 418 g/mol. The molecular formula is C24H39N3O3.